The van der Waals surface area contributed by atoms with Crippen LogP contribution in [-0.2, 0) is 0 Å². The van der Waals surface area contributed by atoms with Crippen LogP contribution >= 0.6 is 15.9 Å². The second-order valence-corrected chi connectivity index (χ2v) is 5.54. The van der Waals surface area contributed by atoms with Crippen LogP contribution in [0.3, 0.4) is 0 Å². The number of rotatable bonds is 2. The Labute approximate surface area is 120 Å². The zero-order chi connectivity index (χ0) is 14.2. The van der Waals surface area contributed by atoms with Crippen molar-refractivity contribution in [1.29, 1.82) is 0 Å². The Kier molecular flexibility index (Phi) is 3.85. The molecule has 2 rings (SSSR count). The summed E-state index contributed by atoms with van der Waals surface area (Å²) in [5, 5.41) is 0. The van der Waals surface area contributed by atoms with E-state index in [4.69, 9.17) is 0 Å². The average molecular weight is 321 g/mol. The summed E-state index contributed by atoms with van der Waals surface area (Å²) in [6, 6.07) is 8.54. The molecular formula is C16H14BrFO. The van der Waals surface area contributed by atoms with Gasteiger partial charge in [-0.3, -0.25) is 4.79 Å². The van der Waals surface area contributed by atoms with Gasteiger partial charge in [-0.05, 0) is 71.6 Å². The van der Waals surface area contributed by atoms with Gasteiger partial charge in [-0.25, -0.2) is 4.39 Å². The molecule has 0 radical (unpaired) electrons. The second-order valence-electron chi connectivity index (χ2n) is 4.68. The van der Waals surface area contributed by atoms with Gasteiger partial charge in [0.15, 0.2) is 5.78 Å². The van der Waals surface area contributed by atoms with Crippen molar-refractivity contribution in [3.05, 3.63) is 68.4 Å². The van der Waals surface area contributed by atoms with E-state index in [9.17, 15) is 9.18 Å². The summed E-state index contributed by atoms with van der Waals surface area (Å²) in [4.78, 5) is 12.4. The highest BCUT2D eigenvalue weighted by atomic mass is 79.9. The molecule has 98 valence electrons. The molecule has 1 nitrogen and oxygen atoms in total. The van der Waals surface area contributed by atoms with Crippen LogP contribution in [0.4, 0.5) is 4.39 Å². The minimum absolute atomic E-state index is 0.0979. The molecule has 0 atom stereocenters. The predicted octanol–water partition coefficient (Wildman–Crippen LogP) is 4.74. The zero-order valence-electron chi connectivity index (χ0n) is 11.1. The summed E-state index contributed by atoms with van der Waals surface area (Å²) in [6.45, 7) is 5.81. The van der Waals surface area contributed by atoms with E-state index in [1.807, 2.05) is 32.9 Å². The lowest BCUT2D eigenvalue weighted by Crippen LogP contribution is -2.07. The molecule has 0 aromatic heterocycles. The number of ketones is 1. The van der Waals surface area contributed by atoms with Gasteiger partial charge < -0.3 is 0 Å². The van der Waals surface area contributed by atoms with Crippen molar-refractivity contribution in [2.24, 2.45) is 0 Å². The van der Waals surface area contributed by atoms with E-state index in [1.54, 1.807) is 12.1 Å². The molecule has 0 heterocycles. The maximum atomic E-state index is 14.0. The SMILES string of the molecule is Cc1cc(C)c(C(=O)c2cccc(Br)c2F)cc1C. The Morgan fingerprint density at radius 1 is 1.00 bits per heavy atom. The summed E-state index contributed by atoms with van der Waals surface area (Å²) < 4.78 is 14.3. The second kappa shape index (κ2) is 5.25. The molecule has 0 fully saturated rings. The van der Waals surface area contributed by atoms with Gasteiger partial charge in [0.05, 0.1) is 10.0 Å². The van der Waals surface area contributed by atoms with Crippen LogP contribution in [0.25, 0.3) is 0 Å². The number of benzene rings is 2. The molecule has 0 aliphatic rings. The average Bonchev–Trinajstić information content (AvgIpc) is 2.36. The van der Waals surface area contributed by atoms with Gasteiger partial charge in [-0.1, -0.05) is 12.1 Å². The van der Waals surface area contributed by atoms with E-state index < -0.39 is 5.82 Å². The highest BCUT2D eigenvalue weighted by molar-refractivity contribution is 9.10. The van der Waals surface area contributed by atoms with Crippen LogP contribution < -0.4 is 0 Å². The van der Waals surface area contributed by atoms with Crippen molar-refractivity contribution in [2.75, 3.05) is 0 Å². The van der Waals surface area contributed by atoms with Crippen molar-refractivity contribution in [3.63, 3.8) is 0 Å². The minimum atomic E-state index is -0.509. The van der Waals surface area contributed by atoms with E-state index in [1.165, 1.54) is 6.07 Å². The van der Waals surface area contributed by atoms with Gasteiger partial charge in [0.25, 0.3) is 0 Å². The van der Waals surface area contributed by atoms with E-state index in [2.05, 4.69) is 15.9 Å². The number of halogens is 2. The number of hydrogen-bond donors (Lipinski definition) is 0. The molecule has 0 saturated heterocycles. The zero-order valence-corrected chi connectivity index (χ0v) is 12.6. The van der Waals surface area contributed by atoms with Gasteiger partial charge in [0.1, 0.15) is 5.82 Å². The largest absolute Gasteiger partial charge is 0.288 e. The van der Waals surface area contributed by atoms with Crippen LogP contribution in [0, 0.1) is 26.6 Å². The Hall–Kier alpha value is -1.48. The van der Waals surface area contributed by atoms with Gasteiger partial charge in [0.2, 0.25) is 0 Å². The Morgan fingerprint density at radius 2 is 1.63 bits per heavy atom. The molecule has 0 bridgehead atoms. The molecule has 0 spiro atoms. The highest BCUT2D eigenvalue weighted by Crippen LogP contribution is 2.24. The number of carbonyl (C=O) groups excluding carboxylic acids is 1. The van der Waals surface area contributed by atoms with Crippen LogP contribution in [-0.4, -0.2) is 5.78 Å². The number of aryl methyl sites for hydroxylation is 3. The predicted molar refractivity (Wildman–Crippen MR) is 78.2 cm³/mol. The topological polar surface area (TPSA) is 17.1 Å². The first kappa shape index (κ1) is 13.9. The maximum Gasteiger partial charge on any atom is 0.196 e. The molecular weight excluding hydrogens is 307 g/mol. The van der Waals surface area contributed by atoms with E-state index in [-0.39, 0.29) is 11.3 Å². The van der Waals surface area contributed by atoms with Crippen molar-refractivity contribution in [3.8, 4) is 0 Å². The third kappa shape index (κ3) is 2.61. The Balaban J connectivity index is 2.56. The number of hydrogen-bond acceptors (Lipinski definition) is 1. The number of carbonyl (C=O) groups is 1. The van der Waals surface area contributed by atoms with E-state index in [0.717, 1.165) is 16.7 Å². The fourth-order valence-electron chi connectivity index (χ4n) is 2.03. The summed E-state index contributed by atoms with van der Waals surface area (Å²) in [5.74, 6) is -0.787. The van der Waals surface area contributed by atoms with E-state index in [0.29, 0.717) is 10.0 Å². The van der Waals surface area contributed by atoms with Crippen LogP contribution in [0.5, 0.6) is 0 Å². The fraction of sp³-hybridized carbons (Fsp3) is 0.188. The van der Waals surface area contributed by atoms with Gasteiger partial charge in [-0.15, -0.1) is 0 Å². The Bertz CT molecular complexity index is 662. The lowest BCUT2D eigenvalue weighted by atomic mass is 9.94. The summed E-state index contributed by atoms with van der Waals surface area (Å²) >= 11 is 3.10. The third-order valence-corrected chi connectivity index (χ3v) is 3.89. The lowest BCUT2D eigenvalue weighted by Gasteiger charge is -2.10. The van der Waals surface area contributed by atoms with E-state index >= 15 is 0 Å². The van der Waals surface area contributed by atoms with Crippen molar-refractivity contribution in [2.45, 2.75) is 20.8 Å². The third-order valence-electron chi connectivity index (χ3n) is 3.28. The normalized spacial score (nSPS) is 10.6. The first-order valence-corrected chi connectivity index (χ1v) is 6.77. The summed E-state index contributed by atoms with van der Waals surface area (Å²) in [7, 11) is 0. The van der Waals surface area contributed by atoms with Crippen molar-refractivity contribution in [1.82, 2.24) is 0 Å². The molecule has 2 aromatic carbocycles. The first-order chi connectivity index (χ1) is 8.91. The fourth-order valence-corrected chi connectivity index (χ4v) is 2.40. The van der Waals surface area contributed by atoms with Gasteiger partial charge in [-0.2, -0.15) is 0 Å². The van der Waals surface area contributed by atoms with Crippen molar-refractivity contribution >= 4 is 21.7 Å². The van der Waals surface area contributed by atoms with Crippen LogP contribution in [0.1, 0.15) is 32.6 Å². The molecule has 0 N–H and O–H groups in total. The summed E-state index contributed by atoms with van der Waals surface area (Å²) in [6.07, 6.45) is 0. The minimum Gasteiger partial charge on any atom is -0.288 e. The molecule has 0 unspecified atom stereocenters. The first-order valence-electron chi connectivity index (χ1n) is 5.98. The monoisotopic (exact) mass is 320 g/mol. The van der Waals surface area contributed by atoms with Crippen LogP contribution in [0.15, 0.2) is 34.8 Å². The maximum absolute atomic E-state index is 14.0. The molecule has 0 aliphatic carbocycles. The smallest absolute Gasteiger partial charge is 0.196 e. The van der Waals surface area contributed by atoms with Crippen molar-refractivity contribution < 1.29 is 9.18 Å². The molecule has 0 amide bonds. The highest BCUT2D eigenvalue weighted by Gasteiger charge is 2.18. The van der Waals surface area contributed by atoms with Gasteiger partial charge in [0, 0.05) is 5.56 Å². The molecule has 0 aliphatic heterocycles. The summed E-state index contributed by atoms with van der Waals surface area (Å²) in [5.41, 5.74) is 3.68. The lowest BCUT2D eigenvalue weighted by molar-refractivity contribution is 0.103. The molecule has 2 aromatic rings. The van der Waals surface area contributed by atoms with Gasteiger partial charge >= 0.3 is 0 Å². The molecule has 0 saturated carbocycles. The standard InChI is InChI=1S/C16H14BrFO/c1-9-7-11(3)13(8-10(9)2)16(19)12-5-4-6-14(17)15(12)18/h4-8H,1-3H3. The quantitative estimate of drug-likeness (QED) is 0.730. The van der Waals surface area contributed by atoms with Crippen LogP contribution in [0.2, 0.25) is 0 Å². The Morgan fingerprint density at radius 3 is 2.32 bits per heavy atom. The molecule has 19 heavy (non-hydrogen) atoms. The molecule has 3 heteroatoms.